The molecule has 7 nitrogen and oxygen atoms in total. The number of nitrogens with zero attached hydrogens (tertiary/aromatic N) is 1. The topological polar surface area (TPSA) is 84.9 Å². The highest BCUT2D eigenvalue weighted by molar-refractivity contribution is 5.92. The molecule has 2 atom stereocenters. The SMILES string of the molecule is C=CCOC(=O)N1C[C@H](OC(=O)NC)C[C@H]1/C=C(\C)C(C)=O. The maximum absolute atomic E-state index is 12.1. The van der Waals surface area contributed by atoms with Crippen molar-refractivity contribution in [3.05, 3.63) is 24.3 Å². The van der Waals surface area contributed by atoms with Gasteiger partial charge in [0.05, 0.1) is 12.6 Å². The normalized spacial score (nSPS) is 21.2. The van der Waals surface area contributed by atoms with Crippen LogP contribution in [0, 0.1) is 0 Å². The smallest absolute Gasteiger partial charge is 0.410 e. The third kappa shape index (κ3) is 4.91. The number of amides is 2. The van der Waals surface area contributed by atoms with Crippen molar-refractivity contribution in [1.29, 1.82) is 0 Å². The van der Waals surface area contributed by atoms with Gasteiger partial charge >= 0.3 is 12.2 Å². The summed E-state index contributed by atoms with van der Waals surface area (Å²) < 4.78 is 10.2. The van der Waals surface area contributed by atoms with Gasteiger partial charge in [0.1, 0.15) is 12.7 Å². The van der Waals surface area contributed by atoms with Crippen LogP contribution in [0.4, 0.5) is 9.59 Å². The molecular weight excluding hydrogens is 288 g/mol. The molecule has 1 heterocycles. The van der Waals surface area contributed by atoms with E-state index in [1.807, 2.05) is 0 Å². The van der Waals surface area contributed by atoms with Crippen molar-refractivity contribution in [2.75, 3.05) is 20.2 Å². The molecule has 7 heteroatoms. The Labute approximate surface area is 129 Å². The Balaban J connectivity index is 2.85. The minimum Gasteiger partial charge on any atom is -0.445 e. The first-order valence-electron chi connectivity index (χ1n) is 7.01. The third-order valence-corrected chi connectivity index (χ3v) is 3.34. The highest BCUT2D eigenvalue weighted by atomic mass is 16.6. The number of nitrogens with one attached hydrogen (secondary N) is 1. The van der Waals surface area contributed by atoms with Gasteiger partial charge in [-0.1, -0.05) is 18.7 Å². The van der Waals surface area contributed by atoms with Gasteiger partial charge in [-0.05, 0) is 19.4 Å². The van der Waals surface area contributed by atoms with Gasteiger partial charge < -0.3 is 14.8 Å². The average molecular weight is 310 g/mol. The van der Waals surface area contributed by atoms with Gasteiger partial charge in [0, 0.05) is 13.5 Å². The van der Waals surface area contributed by atoms with E-state index in [1.165, 1.54) is 24.9 Å². The van der Waals surface area contributed by atoms with Gasteiger partial charge in [-0.2, -0.15) is 0 Å². The van der Waals surface area contributed by atoms with Crippen LogP contribution in [0.5, 0.6) is 0 Å². The number of hydrogen-bond donors (Lipinski definition) is 1. The van der Waals surface area contributed by atoms with Gasteiger partial charge in [0.15, 0.2) is 5.78 Å². The average Bonchev–Trinajstić information content (AvgIpc) is 2.86. The second kappa shape index (κ2) is 8.21. The zero-order chi connectivity index (χ0) is 16.7. The lowest BCUT2D eigenvalue weighted by atomic mass is 10.1. The number of hydrogen-bond acceptors (Lipinski definition) is 5. The van der Waals surface area contributed by atoms with E-state index in [2.05, 4.69) is 11.9 Å². The number of likely N-dealkylation sites (tertiary alicyclic amines) is 1. The summed E-state index contributed by atoms with van der Waals surface area (Å²) in [5, 5.41) is 2.37. The van der Waals surface area contributed by atoms with Crippen molar-refractivity contribution in [3.8, 4) is 0 Å². The monoisotopic (exact) mass is 310 g/mol. The molecule has 1 fully saturated rings. The number of ether oxygens (including phenoxy) is 2. The Bertz CT molecular complexity index is 486. The summed E-state index contributed by atoms with van der Waals surface area (Å²) in [5.74, 6) is -0.0740. The predicted molar refractivity (Wildman–Crippen MR) is 80.4 cm³/mol. The van der Waals surface area contributed by atoms with Crippen molar-refractivity contribution in [3.63, 3.8) is 0 Å². The molecule has 122 valence electrons. The van der Waals surface area contributed by atoms with E-state index < -0.39 is 18.3 Å². The number of Topliss-reactive ketones (excluding diaryl/α,β-unsaturated/α-hetero) is 1. The van der Waals surface area contributed by atoms with Crippen LogP contribution in [0.3, 0.4) is 0 Å². The molecule has 0 aromatic carbocycles. The summed E-state index contributed by atoms with van der Waals surface area (Å²) in [6.45, 7) is 6.94. The first kappa shape index (κ1) is 17.7. The van der Waals surface area contributed by atoms with Crippen LogP contribution in [0.1, 0.15) is 20.3 Å². The molecule has 0 aromatic rings. The van der Waals surface area contributed by atoms with Crippen molar-refractivity contribution in [1.82, 2.24) is 10.2 Å². The molecule has 0 aliphatic carbocycles. The fourth-order valence-corrected chi connectivity index (χ4v) is 2.11. The van der Waals surface area contributed by atoms with E-state index in [0.717, 1.165) is 0 Å². The first-order valence-corrected chi connectivity index (χ1v) is 7.01. The molecular formula is C15H22N2O5. The number of rotatable bonds is 5. The number of carbonyl (C=O) groups excluding carboxylic acids is 3. The molecule has 1 saturated heterocycles. The molecule has 0 aromatic heterocycles. The number of alkyl carbamates (subject to hydrolysis) is 1. The molecule has 1 aliphatic heterocycles. The van der Waals surface area contributed by atoms with Crippen LogP contribution < -0.4 is 5.32 Å². The molecule has 0 saturated carbocycles. The molecule has 1 aliphatic rings. The van der Waals surface area contributed by atoms with E-state index in [0.29, 0.717) is 12.0 Å². The van der Waals surface area contributed by atoms with Gasteiger partial charge in [-0.25, -0.2) is 9.59 Å². The van der Waals surface area contributed by atoms with E-state index in [1.54, 1.807) is 13.0 Å². The predicted octanol–water partition coefficient (Wildman–Crippen LogP) is 1.64. The van der Waals surface area contributed by atoms with E-state index in [-0.39, 0.29) is 25.0 Å². The fraction of sp³-hybridized carbons (Fsp3) is 0.533. The standard InChI is InChI=1S/C15H22N2O5/c1-5-6-21-15(20)17-9-13(22-14(19)16-4)8-12(17)7-10(2)11(3)18/h5,7,12-13H,1,6,8-9H2,2-4H3,(H,16,19)/b10-7+/t12-,13-/m1/s1. The maximum atomic E-state index is 12.1. The lowest BCUT2D eigenvalue weighted by Gasteiger charge is -2.21. The van der Waals surface area contributed by atoms with Crippen LogP contribution in [-0.4, -0.2) is 55.2 Å². The Morgan fingerprint density at radius 1 is 1.36 bits per heavy atom. The molecule has 0 bridgehead atoms. The second-order valence-electron chi connectivity index (χ2n) is 5.00. The number of allylic oxidation sites excluding steroid dienone is 1. The lowest BCUT2D eigenvalue weighted by molar-refractivity contribution is -0.113. The molecule has 0 spiro atoms. The highest BCUT2D eigenvalue weighted by Gasteiger charge is 2.37. The summed E-state index contributed by atoms with van der Waals surface area (Å²) in [6.07, 6.45) is 2.06. The van der Waals surface area contributed by atoms with E-state index in [9.17, 15) is 14.4 Å². The lowest BCUT2D eigenvalue weighted by Crippen LogP contribution is -2.36. The highest BCUT2D eigenvalue weighted by Crippen LogP contribution is 2.23. The zero-order valence-corrected chi connectivity index (χ0v) is 13.1. The van der Waals surface area contributed by atoms with Gasteiger partial charge in [-0.15, -0.1) is 0 Å². The Morgan fingerprint density at radius 2 is 2.05 bits per heavy atom. The quantitative estimate of drug-likeness (QED) is 0.616. The van der Waals surface area contributed by atoms with Crippen LogP contribution >= 0.6 is 0 Å². The Kier molecular flexibility index (Phi) is 6.62. The summed E-state index contributed by atoms with van der Waals surface area (Å²) in [6, 6.07) is -0.351. The molecule has 2 amide bonds. The Morgan fingerprint density at radius 3 is 2.59 bits per heavy atom. The van der Waals surface area contributed by atoms with Crippen molar-refractivity contribution in [2.45, 2.75) is 32.4 Å². The molecule has 1 rings (SSSR count). The van der Waals surface area contributed by atoms with E-state index >= 15 is 0 Å². The zero-order valence-electron chi connectivity index (χ0n) is 13.1. The first-order chi connectivity index (χ1) is 10.4. The largest absolute Gasteiger partial charge is 0.445 e. The van der Waals surface area contributed by atoms with Crippen LogP contribution in [0.15, 0.2) is 24.3 Å². The van der Waals surface area contributed by atoms with Gasteiger partial charge in [-0.3, -0.25) is 9.69 Å². The number of carbonyl (C=O) groups is 3. The van der Waals surface area contributed by atoms with Crippen molar-refractivity contribution in [2.24, 2.45) is 0 Å². The summed E-state index contributed by atoms with van der Waals surface area (Å²) >= 11 is 0. The Hall–Kier alpha value is -2.31. The molecule has 0 unspecified atom stereocenters. The molecule has 0 radical (unpaired) electrons. The summed E-state index contributed by atoms with van der Waals surface area (Å²) in [4.78, 5) is 36.2. The maximum Gasteiger partial charge on any atom is 0.410 e. The third-order valence-electron chi connectivity index (χ3n) is 3.34. The molecule has 22 heavy (non-hydrogen) atoms. The minimum absolute atomic E-state index is 0.0740. The second-order valence-corrected chi connectivity index (χ2v) is 5.00. The summed E-state index contributed by atoms with van der Waals surface area (Å²) in [7, 11) is 1.46. The van der Waals surface area contributed by atoms with Crippen molar-refractivity contribution < 1.29 is 23.9 Å². The van der Waals surface area contributed by atoms with Crippen molar-refractivity contribution >= 4 is 18.0 Å². The fourth-order valence-electron chi connectivity index (χ4n) is 2.11. The minimum atomic E-state index is -0.558. The van der Waals surface area contributed by atoms with Gasteiger partial charge in [0.25, 0.3) is 0 Å². The van der Waals surface area contributed by atoms with Crippen LogP contribution in [0.25, 0.3) is 0 Å². The van der Waals surface area contributed by atoms with E-state index in [4.69, 9.17) is 9.47 Å². The number of ketones is 1. The van der Waals surface area contributed by atoms with Gasteiger partial charge in [0.2, 0.25) is 0 Å². The van der Waals surface area contributed by atoms with Crippen LogP contribution in [0.2, 0.25) is 0 Å². The summed E-state index contributed by atoms with van der Waals surface area (Å²) in [5.41, 5.74) is 0.548. The van der Waals surface area contributed by atoms with Crippen LogP contribution in [-0.2, 0) is 14.3 Å². The molecule has 1 N–H and O–H groups in total.